The van der Waals surface area contributed by atoms with Gasteiger partial charge in [-0.25, -0.2) is 14.7 Å². The van der Waals surface area contributed by atoms with Crippen LogP contribution < -0.4 is 10.9 Å². The molecule has 27 heavy (non-hydrogen) atoms. The van der Waals surface area contributed by atoms with Gasteiger partial charge >= 0.3 is 11.9 Å². The van der Waals surface area contributed by atoms with Crippen LogP contribution in [0.3, 0.4) is 0 Å². The van der Waals surface area contributed by atoms with Crippen molar-refractivity contribution in [3.63, 3.8) is 0 Å². The Morgan fingerprint density at radius 2 is 2.07 bits per heavy atom. The molecule has 0 aliphatic carbocycles. The van der Waals surface area contributed by atoms with Gasteiger partial charge in [0.1, 0.15) is 17.8 Å². The van der Waals surface area contributed by atoms with E-state index in [0.717, 1.165) is 0 Å². The van der Waals surface area contributed by atoms with Crippen molar-refractivity contribution in [2.75, 3.05) is 12.4 Å². The number of benzene rings is 1. The van der Waals surface area contributed by atoms with Gasteiger partial charge in [0.2, 0.25) is 5.91 Å². The van der Waals surface area contributed by atoms with Crippen LogP contribution in [-0.4, -0.2) is 44.8 Å². The number of aromatic carboxylic acids is 1. The molecule has 10 nitrogen and oxygen atoms in total. The lowest BCUT2D eigenvalue weighted by atomic mass is 10.1. The van der Waals surface area contributed by atoms with Gasteiger partial charge in [0, 0.05) is 18.1 Å². The monoisotopic (exact) mass is 370 g/mol. The lowest BCUT2D eigenvalue weighted by Gasteiger charge is -2.12. The van der Waals surface area contributed by atoms with Gasteiger partial charge in [0.25, 0.3) is 5.56 Å². The molecule has 10 heteroatoms. The van der Waals surface area contributed by atoms with E-state index in [1.807, 2.05) is 0 Å². The summed E-state index contributed by atoms with van der Waals surface area (Å²) in [6.07, 6.45) is 2.74. The maximum atomic E-state index is 12.3. The van der Waals surface area contributed by atoms with Gasteiger partial charge < -0.3 is 19.7 Å². The summed E-state index contributed by atoms with van der Waals surface area (Å²) in [7, 11) is 1.19. The summed E-state index contributed by atoms with van der Waals surface area (Å²) in [6.45, 7) is -0.220. The number of nitrogens with zero attached hydrogens (tertiary/aromatic N) is 2. The van der Waals surface area contributed by atoms with E-state index in [9.17, 15) is 19.2 Å². The minimum Gasteiger partial charge on any atom is -0.478 e. The van der Waals surface area contributed by atoms with E-state index >= 15 is 0 Å². The van der Waals surface area contributed by atoms with Crippen LogP contribution in [0.2, 0.25) is 0 Å². The number of hydrogen-bond donors (Lipinski definition) is 3. The summed E-state index contributed by atoms with van der Waals surface area (Å²) < 4.78 is 6.03. The Balaban J connectivity index is 1.87. The van der Waals surface area contributed by atoms with E-state index in [4.69, 9.17) is 5.11 Å². The number of fused-ring (bicyclic) bond motifs is 1. The first-order chi connectivity index (χ1) is 12.9. The Hall–Kier alpha value is -3.95. The number of anilines is 1. The number of H-pyrrole nitrogens is 1. The van der Waals surface area contributed by atoms with Crippen molar-refractivity contribution in [3.8, 4) is 11.3 Å². The quantitative estimate of drug-likeness (QED) is 0.564. The highest BCUT2D eigenvalue weighted by Gasteiger charge is 2.22. The van der Waals surface area contributed by atoms with Crippen molar-refractivity contribution in [1.82, 2.24) is 14.8 Å². The van der Waals surface area contributed by atoms with E-state index in [-0.39, 0.29) is 28.9 Å². The number of rotatable bonds is 5. The number of nitrogens with one attached hydrogen (secondary N) is 2. The van der Waals surface area contributed by atoms with Crippen LogP contribution in [0.15, 0.2) is 41.5 Å². The Kier molecular flexibility index (Phi) is 4.71. The van der Waals surface area contributed by atoms with Crippen molar-refractivity contribution in [3.05, 3.63) is 58.1 Å². The molecule has 2 heterocycles. The Morgan fingerprint density at radius 1 is 1.30 bits per heavy atom. The van der Waals surface area contributed by atoms with E-state index < -0.39 is 23.4 Å². The molecule has 3 N–H and O–H groups in total. The molecule has 0 aromatic heterocycles. The zero-order chi connectivity index (χ0) is 19.6. The van der Waals surface area contributed by atoms with Crippen molar-refractivity contribution >= 4 is 23.5 Å². The Labute approximate surface area is 151 Å². The highest BCUT2D eigenvalue weighted by molar-refractivity contribution is 5.96. The van der Waals surface area contributed by atoms with Gasteiger partial charge in [-0.05, 0) is 18.2 Å². The lowest BCUT2D eigenvalue weighted by Crippen LogP contribution is -2.21. The summed E-state index contributed by atoms with van der Waals surface area (Å²) in [5.74, 6) is -2.29. The number of pyridine rings is 1. The van der Waals surface area contributed by atoms with Crippen LogP contribution in [0.25, 0.3) is 11.3 Å². The first-order valence-electron chi connectivity index (χ1n) is 7.68. The van der Waals surface area contributed by atoms with Gasteiger partial charge in [0.05, 0.1) is 18.2 Å². The summed E-state index contributed by atoms with van der Waals surface area (Å²) in [5.41, 5.74) is 0.163. The summed E-state index contributed by atoms with van der Waals surface area (Å²) >= 11 is 0. The lowest BCUT2D eigenvalue weighted by molar-refractivity contribution is -0.116. The Morgan fingerprint density at radius 3 is 2.78 bits per heavy atom. The SMILES string of the molecule is COC(=O)c1cn(CC(=O)Nc2cccc(C(=O)O)c2)cc2c(=O)[nH]nc1-2. The standard InChI is InChI=1S/C17H14N4O6/c1-27-17(26)12-7-21(6-11-14(12)19-20-15(11)23)8-13(22)18-10-4-2-3-9(5-10)16(24)25/h2-7H,8H2,1H3,(H,18,22)(H,20,23)(H,24,25). The van der Waals surface area contributed by atoms with Gasteiger partial charge in [-0.3, -0.25) is 9.59 Å². The fourth-order valence-electron chi connectivity index (χ4n) is 2.54. The number of esters is 1. The maximum absolute atomic E-state index is 12.3. The number of methoxy groups -OCH3 is 1. The normalized spacial score (nSPS) is 10.6. The minimum absolute atomic E-state index is 0.0317. The number of hydrogen-bond acceptors (Lipinski definition) is 6. The van der Waals surface area contributed by atoms with Crippen LogP contribution >= 0.6 is 0 Å². The molecular formula is C17H14N4O6. The zero-order valence-corrected chi connectivity index (χ0v) is 14.1. The van der Waals surface area contributed by atoms with Gasteiger partial charge in [-0.15, -0.1) is 0 Å². The second-order valence-electron chi connectivity index (χ2n) is 5.58. The third-order valence-corrected chi connectivity index (χ3v) is 3.74. The molecule has 0 fully saturated rings. The Bertz CT molecular complexity index is 1070. The van der Waals surface area contributed by atoms with Crippen molar-refractivity contribution < 1.29 is 24.2 Å². The number of carboxylic acids is 1. The molecule has 138 valence electrons. The van der Waals surface area contributed by atoms with Crippen molar-refractivity contribution in [2.45, 2.75) is 6.54 Å². The molecule has 0 saturated heterocycles. The summed E-state index contributed by atoms with van der Waals surface area (Å²) in [5, 5.41) is 17.6. The molecule has 0 radical (unpaired) electrons. The number of ether oxygens (including phenoxy) is 1. The van der Waals surface area contributed by atoms with E-state index in [2.05, 4.69) is 20.3 Å². The second-order valence-corrected chi connectivity index (χ2v) is 5.58. The molecule has 0 saturated carbocycles. The van der Waals surface area contributed by atoms with E-state index in [0.29, 0.717) is 5.69 Å². The second kappa shape index (κ2) is 7.12. The highest BCUT2D eigenvalue weighted by atomic mass is 16.5. The molecule has 0 bridgehead atoms. The molecular weight excluding hydrogens is 356 g/mol. The smallest absolute Gasteiger partial charge is 0.341 e. The van der Waals surface area contributed by atoms with Crippen LogP contribution in [0.1, 0.15) is 20.7 Å². The maximum Gasteiger partial charge on any atom is 0.341 e. The molecule has 1 aromatic carbocycles. The number of carbonyl (C=O) groups is 3. The number of aromatic nitrogens is 3. The largest absolute Gasteiger partial charge is 0.478 e. The minimum atomic E-state index is -1.11. The predicted octanol–water partition coefficient (Wildman–Crippen LogP) is 0.800. The molecule has 1 amide bonds. The zero-order valence-electron chi connectivity index (χ0n) is 14.1. The van der Waals surface area contributed by atoms with Gasteiger partial charge in [0.15, 0.2) is 0 Å². The average Bonchev–Trinajstić information content (AvgIpc) is 3.01. The van der Waals surface area contributed by atoms with Crippen LogP contribution in [0, 0.1) is 0 Å². The molecule has 0 unspecified atom stereocenters. The highest BCUT2D eigenvalue weighted by Crippen LogP contribution is 2.20. The topological polar surface area (TPSA) is 143 Å². The first kappa shape index (κ1) is 17.9. The molecule has 2 aliphatic heterocycles. The number of amides is 1. The fraction of sp³-hybridized carbons (Fsp3) is 0.118. The summed E-state index contributed by atoms with van der Waals surface area (Å²) in [4.78, 5) is 47.0. The fourth-order valence-corrected chi connectivity index (χ4v) is 2.54. The van der Waals surface area contributed by atoms with Crippen molar-refractivity contribution in [2.24, 2.45) is 0 Å². The van der Waals surface area contributed by atoms with Crippen molar-refractivity contribution in [1.29, 1.82) is 0 Å². The molecule has 3 rings (SSSR count). The van der Waals surface area contributed by atoms with Gasteiger partial charge in [-0.2, -0.15) is 5.10 Å². The van der Waals surface area contributed by atoms with E-state index in [1.165, 1.54) is 42.3 Å². The van der Waals surface area contributed by atoms with Crippen LogP contribution in [-0.2, 0) is 16.1 Å². The third kappa shape index (κ3) is 3.68. The first-order valence-corrected chi connectivity index (χ1v) is 7.68. The number of carboxylic acid groups (broad SMARTS) is 1. The van der Waals surface area contributed by atoms with Gasteiger partial charge in [-0.1, -0.05) is 6.07 Å². The average molecular weight is 370 g/mol. The molecule has 0 spiro atoms. The van der Waals surface area contributed by atoms with Crippen LogP contribution in [0.4, 0.5) is 5.69 Å². The molecule has 2 aliphatic rings. The molecule has 0 atom stereocenters. The summed E-state index contributed by atoms with van der Waals surface area (Å²) in [6, 6.07) is 5.77. The number of carbonyl (C=O) groups excluding carboxylic acids is 2. The van der Waals surface area contributed by atoms with Crippen LogP contribution in [0.5, 0.6) is 0 Å². The predicted molar refractivity (Wildman–Crippen MR) is 92.8 cm³/mol. The number of aromatic amines is 1. The third-order valence-electron chi connectivity index (χ3n) is 3.74. The molecule has 1 aromatic rings. The van der Waals surface area contributed by atoms with E-state index in [1.54, 1.807) is 6.07 Å².